The van der Waals surface area contributed by atoms with Crippen LogP contribution in [-0.4, -0.2) is 4.57 Å². The minimum Gasteiger partial charge on any atom is -0.310 e. The lowest BCUT2D eigenvalue weighted by molar-refractivity contribution is 0.768. The average Bonchev–Trinajstić information content (AvgIpc) is 3.92. The van der Waals surface area contributed by atoms with Gasteiger partial charge in [-0.05, 0) is 140 Å². The van der Waals surface area contributed by atoms with Crippen molar-refractivity contribution in [2.75, 3.05) is 4.90 Å². The lowest BCUT2D eigenvalue weighted by Gasteiger charge is -2.35. The first-order valence-electron chi connectivity index (χ1n) is 23.8. The molecule has 1 aliphatic rings. The Morgan fingerprint density at radius 3 is 1.42 bits per heavy atom. The van der Waals surface area contributed by atoms with Gasteiger partial charge < -0.3 is 9.47 Å². The van der Waals surface area contributed by atoms with Crippen LogP contribution in [0.4, 0.5) is 17.1 Å². The van der Waals surface area contributed by atoms with Crippen molar-refractivity contribution in [1.82, 2.24) is 4.57 Å². The van der Waals surface area contributed by atoms with Gasteiger partial charge in [0.15, 0.2) is 0 Å². The number of nitrogens with zero attached hydrogens (tertiary/aromatic N) is 2. The van der Waals surface area contributed by atoms with E-state index in [1.54, 1.807) is 0 Å². The zero-order valence-electron chi connectivity index (χ0n) is 38.0. The van der Waals surface area contributed by atoms with Gasteiger partial charge >= 0.3 is 0 Å². The third kappa shape index (κ3) is 6.72. The molecule has 0 aliphatic heterocycles. The van der Waals surface area contributed by atoms with Gasteiger partial charge in [-0.3, -0.25) is 0 Å². The molecule has 0 amide bonds. The zero-order valence-corrected chi connectivity index (χ0v) is 38.0. The summed E-state index contributed by atoms with van der Waals surface area (Å²) in [6, 6.07) is 102. The largest absolute Gasteiger partial charge is 0.310 e. The molecule has 13 rings (SSSR count). The molecule has 0 saturated carbocycles. The van der Waals surface area contributed by atoms with Gasteiger partial charge in [0.1, 0.15) is 0 Å². The van der Waals surface area contributed by atoms with Crippen molar-refractivity contribution in [3.8, 4) is 50.2 Å². The van der Waals surface area contributed by atoms with Crippen LogP contribution in [0.5, 0.6) is 0 Å². The summed E-state index contributed by atoms with van der Waals surface area (Å²) in [5.74, 6) is 0. The molecule has 0 fully saturated rings. The molecule has 0 bridgehead atoms. The smallest absolute Gasteiger partial charge is 0.0714 e. The fraction of sp³-hybridized carbons (Fsp3) is 0.0149. The SMILES string of the molecule is c1ccc(-c2ccc(N(c3ccc(-c4cccc(-c5ccc6c(c5)c5ccccc5n6-c5ccccc5)c4)cc3)c3ccc4c(c3)C(c3ccccc3)(c3ccccc3)c3ccccc3-4)cc2)cc1. The van der Waals surface area contributed by atoms with Crippen LogP contribution in [-0.2, 0) is 5.41 Å². The fourth-order valence-electron chi connectivity index (χ4n) is 11.1. The Morgan fingerprint density at radius 2 is 0.739 bits per heavy atom. The first-order chi connectivity index (χ1) is 34.2. The van der Waals surface area contributed by atoms with E-state index >= 15 is 0 Å². The average molecular weight is 879 g/mol. The molecule has 0 radical (unpaired) electrons. The Kier molecular flexibility index (Phi) is 9.77. The molecule has 69 heavy (non-hydrogen) atoms. The lowest BCUT2D eigenvalue weighted by Crippen LogP contribution is -2.28. The predicted octanol–water partition coefficient (Wildman–Crippen LogP) is 17.6. The summed E-state index contributed by atoms with van der Waals surface area (Å²) in [5, 5.41) is 2.50. The summed E-state index contributed by atoms with van der Waals surface area (Å²) in [4.78, 5) is 2.42. The van der Waals surface area contributed by atoms with Crippen molar-refractivity contribution >= 4 is 38.9 Å². The molecule has 0 atom stereocenters. The number of hydrogen-bond donors (Lipinski definition) is 0. The highest BCUT2D eigenvalue weighted by atomic mass is 15.1. The number of rotatable bonds is 9. The molecule has 11 aromatic carbocycles. The van der Waals surface area contributed by atoms with Gasteiger partial charge in [-0.15, -0.1) is 0 Å². The molecule has 1 aromatic heterocycles. The van der Waals surface area contributed by atoms with Crippen LogP contribution in [0, 0.1) is 0 Å². The number of aromatic nitrogens is 1. The van der Waals surface area contributed by atoms with Crippen molar-refractivity contribution in [2.24, 2.45) is 0 Å². The zero-order chi connectivity index (χ0) is 45.7. The van der Waals surface area contributed by atoms with Crippen molar-refractivity contribution < 1.29 is 0 Å². The second-order valence-corrected chi connectivity index (χ2v) is 18.1. The molecular formula is C67H46N2. The standard InChI is InChI=1S/C67H46N2/c1-5-18-47(19-6-1)48-32-37-56(38-33-48)68(58-41-42-60-59-28-13-15-30-63(59)67(64(60)46-58,53-22-7-2-8-23-53)54-24-9-3-10-25-54)57-39-34-49(35-40-57)50-20-17-21-51(44-50)52-36-43-66-62(45-52)61-29-14-16-31-65(61)69(66)55-26-11-4-12-27-55/h1-46H. The molecule has 2 heteroatoms. The number of para-hydroxylation sites is 2. The Balaban J connectivity index is 0.919. The Morgan fingerprint density at radius 1 is 0.275 bits per heavy atom. The van der Waals surface area contributed by atoms with Gasteiger partial charge in [-0.1, -0.05) is 206 Å². The summed E-state index contributed by atoms with van der Waals surface area (Å²) in [6.07, 6.45) is 0. The van der Waals surface area contributed by atoms with Crippen LogP contribution < -0.4 is 4.90 Å². The molecule has 1 aliphatic carbocycles. The van der Waals surface area contributed by atoms with E-state index in [4.69, 9.17) is 0 Å². The number of hydrogen-bond acceptors (Lipinski definition) is 1. The van der Waals surface area contributed by atoms with Gasteiger partial charge in [-0.25, -0.2) is 0 Å². The molecule has 1 heterocycles. The molecule has 0 spiro atoms. The van der Waals surface area contributed by atoms with Gasteiger partial charge in [0, 0.05) is 33.5 Å². The highest BCUT2D eigenvalue weighted by Gasteiger charge is 2.46. The van der Waals surface area contributed by atoms with E-state index in [1.165, 1.54) is 94.3 Å². The van der Waals surface area contributed by atoms with Crippen molar-refractivity contribution in [2.45, 2.75) is 5.41 Å². The van der Waals surface area contributed by atoms with Crippen LogP contribution in [0.2, 0.25) is 0 Å². The highest BCUT2D eigenvalue weighted by Crippen LogP contribution is 2.57. The van der Waals surface area contributed by atoms with Gasteiger partial charge in [-0.2, -0.15) is 0 Å². The molecular weight excluding hydrogens is 833 g/mol. The van der Waals surface area contributed by atoms with Crippen LogP contribution in [0.1, 0.15) is 22.3 Å². The van der Waals surface area contributed by atoms with E-state index in [0.717, 1.165) is 17.1 Å². The van der Waals surface area contributed by atoms with Gasteiger partial charge in [0.25, 0.3) is 0 Å². The predicted molar refractivity (Wildman–Crippen MR) is 289 cm³/mol. The maximum Gasteiger partial charge on any atom is 0.0714 e. The third-order valence-electron chi connectivity index (χ3n) is 14.3. The minimum absolute atomic E-state index is 0.508. The minimum atomic E-state index is -0.508. The van der Waals surface area contributed by atoms with Crippen molar-refractivity contribution in [3.63, 3.8) is 0 Å². The lowest BCUT2D eigenvalue weighted by atomic mass is 9.67. The quantitative estimate of drug-likeness (QED) is 0.140. The van der Waals surface area contributed by atoms with Crippen LogP contribution in [0.25, 0.3) is 72.0 Å². The van der Waals surface area contributed by atoms with Gasteiger partial charge in [0.2, 0.25) is 0 Å². The molecule has 12 aromatic rings. The first kappa shape index (κ1) is 40.3. The summed E-state index contributed by atoms with van der Waals surface area (Å²) >= 11 is 0. The summed E-state index contributed by atoms with van der Waals surface area (Å²) in [5.41, 5.74) is 21.1. The normalized spacial score (nSPS) is 12.5. The summed E-state index contributed by atoms with van der Waals surface area (Å²) in [6.45, 7) is 0. The van der Waals surface area contributed by atoms with Crippen molar-refractivity contribution in [3.05, 3.63) is 301 Å². The number of fused-ring (bicyclic) bond motifs is 6. The van der Waals surface area contributed by atoms with Crippen molar-refractivity contribution in [1.29, 1.82) is 0 Å². The molecule has 2 nitrogen and oxygen atoms in total. The Hall–Kier alpha value is -8.98. The summed E-state index contributed by atoms with van der Waals surface area (Å²) < 4.78 is 2.37. The van der Waals surface area contributed by atoms with E-state index < -0.39 is 5.41 Å². The highest BCUT2D eigenvalue weighted by molar-refractivity contribution is 6.10. The second-order valence-electron chi connectivity index (χ2n) is 18.1. The Labute approximate surface area is 403 Å². The van der Waals surface area contributed by atoms with Crippen LogP contribution >= 0.6 is 0 Å². The first-order valence-corrected chi connectivity index (χ1v) is 23.8. The van der Waals surface area contributed by atoms with E-state index in [-0.39, 0.29) is 0 Å². The maximum absolute atomic E-state index is 2.45. The monoisotopic (exact) mass is 878 g/mol. The molecule has 0 saturated heterocycles. The van der Waals surface area contributed by atoms with Crippen LogP contribution in [0.15, 0.2) is 279 Å². The summed E-state index contributed by atoms with van der Waals surface area (Å²) in [7, 11) is 0. The molecule has 324 valence electrons. The molecule has 0 N–H and O–H groups in total. The topological polar surface area (TPSA) is 8.17 Å². The van der Waals surface area contributed by atoms with E-state index in [0.29, 0.717) is 0 Å². The van der Waals surface area contributed by atoms with E-state index in [9.17, 15) is 0 Å². The second kappa shape index (κ2) is 16.7. The molecule has 0 unspecified atom stereocenters. The number of anilines is 3. The van der Waals surface area contributed by atoms with Crippen LogP contribution in [0.3, 0.4) is 0 Å². The van der Waals surface area contributed by atoms with E-state index in [2.05, 4.69) is 289 Å². The van der Waals surface area contributed by atoms with Gasteiger partial charge in [0.05, 0.1) is 16.4 Å². The third-order valence-corrected chi connectivity index (χ3v) is 14.3. The van der Waals surface area contributed by atoms with E-state index in [1.807, 2.05) is 0 Å². The fourth-order valence-corrected chi connectivity index (χ4v) is 11.1. The number of benzene rings is 11. The Bertz CT molecular complexity index is 3760. The maximum atomic E-state index is 2.45.